The van der Waals surface area contributed by atoms with E-state index < -0.39 is 17.9 Å². The molecule has 1 atom stereocenters. The van der Waals surface area contributed by atoms with E-state index in [0.717, 1.165) is 5.70 Å². The number of allylic oxidation sites excluding steroid dienone is 1. The summed E-state index contributed by atoms with van der Waals surface area (Å²) in [7, 11) is 1.33. The molecule has 158 valence electrons. The van der Waals surface area contributed by atoms with Crippen molar-refractivity contribution in [2.75, 3.05) is 33.5 Å². The van der Waals surface area contributed by atoms with E-state index in [4.69, 9.17) is 31.5 Å². The molecule has 0 fully saturated rings. The van der Waals surface area contributed by atoms with Gasteiger partial charge in [0.1, 0.15) is 0 Å². The third-order valence-corrected chi connectivity index (χ3v) is 4.91. The quantitative estimate of drug-likeness (QED) is 0.466. The minimum Gasteiger partial charge on any atom is -0.469 e. The van der Waals surface area contributed by atoms with Crippen LogP contribution < -0.4 is 11.1 Å². The summed E-state index contributed by atoms with van der Waals surface area (Å²) in [4.78, 5) is 25.1. The number of dihydropyridines is 1. The van der Waals surface area contributed by atoms with Crippen LogP contribution in [0.5, 0.6) is 0 Å². The van der Waals surface area contributed by atoms with Gasteiger partial charge in [0.05, 0.1) is 44.6 Å². The molecule has 0 saturated carbocycles. The molecule has 1 aliphatic rings. The monoisotopic (exact) mass is 422 g/mol. The standard InChI is InChI=1S/C21H27ClN2O5/c1-4-29-21(26)20-17(12-28-10-9-23)24-13(2)15(11-18(25)27-3)19(20)14-7-5-6-8-16(14)22/h5-8,19,24H,4,9-12,23H2,1-3H3. The molecule has 1 aromatic rings. The molecule has 3 N–H and O–H groups in total. The molecule has 1 unspecified atom stereocenters. The lowest BCUT2D eigenvalue weighted by atomic mass is 9.79. The van der Waals surface area contributed by atoms with Crippen molar-refractivity contribution in [1.82, 2.24) is 5.32 Å². The van der Waals surface area contributed by atoms with Crippen LogP contribution in [-0.4, -0.2) is 45.4 Å². The Hall–Kier alpha value is -2.35. The van der Waals surface area contributed by atoms with Gasteiger partial charge >= 0.3 is 11.9 Å². The highest BCUT2D eigenvalue weighted by atomic mass is 35.5. The molecule has 0 aromatic heterocycles. The minimum absolute atomic E-state index is 0.00503. The van der Waals surface area contributed by atoms with Crippen LogP contribution in [0.2, 0.25) is 5.02 Å². The number of benzene rings is 1. The summed E-state index contributed by atoms with van der Waals surface area (Å²) in [6.45, 7) is 4.64. The predicted molar refractivity (Wildman–Crippen MR) is 110 cm³/mol. The second kappa shape index (κ2) is 11.0. The molecule has 0 aliphatic carbocycles. The van der Waals surface area contributed by atoms with Crippen LogP contribution in [0.4, 0.5) is 0 Å². The summed E-state index contributed by atoms with van der Waals surface area (Å²) in [5.41, 5.74) is 8.57. The Bertz CT molecular complexity index is 819. The van der Waals surface area contributed by atoms with Crippen molar-refractivity contribution in [2.45, 2.75) is 26.2 Å². The molecule has 2 rings (SSSR count). The molecule has 7 nitrogen and oxygen atoms in total. The van der Waals surface area contributed by atoms with Gasteiger partial charge < -0.3 is 25.3 Å². The van der Waals surface area contributed by atoms with Crippen molar-refractivity contribution < 1.29 is 23.8 Å². The number of esters is 2. The minimum atomic E-state index is -0.570. The van der Waals surface area contributed by atoms with Crippen molar-refractivity contribution in [1.29, 1.82) is 0 Å². The fourth-order valence-corrected chi connectivity index (χ4v) is 3.52. The second-order valence-corrected chi connectivity index (χ2v) is 6.84. The largest absolute Gasteiger partial charge is 0.469 e. The van der Waals surface area contributed by atoms with Gasteiger partial charge in [-0.05, 0) is 31.1 Å². The first-order valence-electron chi connectivity index (χ1n) is 9.40. The summed E-state index contributed by atoms with van der Waals surface area (Å²) in [5, 5.41) is 3.69. The van der Waals surface area contributed by atoms with Crippen molar-refractivity contribution in [3.8, 4) is 0 Å². The number of hydrogen-bond acceptors (Lipinski definition) is 7. The van der Waals surface area contributed by atoms with Crippen LogP contribution in [0.15, 0.2) is 46.8 Å². The Morgan fingerprint density at radius 2 is 2.00 bits per heavy atom. The van der Waals surface area contributed by atoms with E-state index in [-0.39, 0.29) is 19.6 Å². The van der Waals surface area contributed by atoms with Gasteiger partial charge in [0.15, 0.2) is 0 Å². The first-order chi connectivity index (χ1) is 13.9. The molecule has 29 heavy (non-hydrogen) atoms. The highest BCUT2D eigenvalue weighted by molar-refractivity contribution is 6.31. The predicted octanol–water partition coefficient (Wildman–Crippen LogP) is 2.66. The summed E-state index contributed by atoms with van der Waals surface area (Å²) in [6, 6.07) is 7.22. The number of ether oxygens (including phenoxy) is 3. The number of hydrogen-bond donors (Lipinski definition) is 2. The average molecular weight is 423 g/mol. The van der Waals surface area contributed by atoms with E-state index in [0.29, 0.717) is 40.6 Å². The number of carbonyl (C=O) groups is 2. The summed E-state index contributed by atoms with van der Waals surface area (Å²) in [6.07, 6.45) is 0.00503. The van der Waals surface area contributed by atoms with Gasteiger partial charge in [0.2, 0.25) is 0 Å². The number of nitrogens with two attached hydrogens (primary N) is 1. The van der Waals surface area contributed by atoms with Crippen LogP contribution in [-0.2, 0) is 23.8 Å². The van der Waals surface area contributed by atoms with E-state index in [9.17, 15) is 9.59 Å². The molecule has 0 spiro atoms. The first kappa shape index (κ1) is 22.9. The lowest BCUT2D eigenvalue weighted by Gasteiger charge is -2.32. The number of nitrogens with one attached hydrogen (secondary N) is 1. The van der Waals surface area contributed by atoms with Gasteiger partial charge in [-0.1, -0.05) is 29.8 Å². The van der Waals surface area contributed by atoms with Gasteiger partial charge in [-0.2, -0.15) is 0 Å². The van der Waals surface area contributed by atoms with Gasteiger partial charge in [-0.15, -0.1) is 0 Å². The van der Waals surface area contributed by atoms with Crippen molar-refractivity contribution in [3.05, 3.63) is 57.4 Å². The Kier molecular flexibility index (Phi) is 8.70. The van der Waals surface area contributed by atoms with Gasteiger partial charge in [-0.25, -0.2) is 4.79 Å². The van der Waals surface area contributed by atoms with E-state index in [1.54, 1.807) is 13.0 Å². The first-order valence-corrected chi connectivity index (χ1v) is 9.78. The number of rotatable bonds is 9. The number of halogens is 1. The van der Waals surface area contributed by atoms with Crippen LogP contribution in [0.3, 0.4) is 0 Å². The number of methoxy groups -OCH3 is 1. The zero-order valence-corrected chi connectivity index (χ0v) is 17.7. The van der Waals surface area contributed by atoms with Crippen LogP contribution in [0, 0.1) is 0 Å². The average Bonchev–Trinajstić information content (AvgIpc) is 2.70. The molecule has 1 heterocycles. The summed E-state index contributed by atoms with van der Waals surface area (Å²) < 4.78 is 15.8. The zero-order chi connectivity index (χ0) is 21.4. The summed E-state index contributed by atoms with van der Waals surface area (Å²) >= 11 is 6.48. The molecule has 8 heteroatoms. The molecule has 1 aromatic carbocycles. The molecule has 0 bridgehead atoms. The van der Waals surface area contributed by atoms with Crippen molar-refractivity contribution in [2.24, 2.45) is 5.73 Å². The zero-order valence-electron chi connectivity index (χ0n) is 16.9. The molecular formula is C21H27ClN2O5. The topological polar surface area (TPSA) is 99.9 Å². The SMILES string of the molecule is CCOC(=O)C1=C(COCCN)NC(C)=C(CC(=O)OC)C1c1ccccc1Cl. The lowest BCUT2D eigenvalue weighted by Crippen LogP contribution is -2.33. The Labute approximate surface area is 175 Å². The van der Waals surface area contributed by atoms with Crippen molar-refractivity contribution >= 4 is 23.5 Å². The fraction of sp³-hybridized carbons (Fsp3) is 0.429. The Balaban J connectivity index is 2.63. The lowest BCUT2D eigenvalue weighted by molar-refractivity contribution is -0.141. The third kappa shape index (κ3) is 5.59. The third-order valence-electron chi connectivity index (χ3n) is 4.56. The molecular weight excluding hydrogens is 396 g/mol. The van der Waals surface area contributed by atoms with Crippen LogP contribution >= 0.6 is 11.6 Å². The van der Waals surface area contributed by atoms with Crippen LogP contribution in [0.1, 0.15) is 31.7 Å². The van der Waals surface area contributed by atoms with Gasteiger partial charge in [0.25, 0.3) is 0 Å². The maximum atomic E-state index is 13.0. The van der Waals surface area contributed by atoms with E-state index in [1.165, 1.54) is 7.11 Å². The second-order valence-electron chi connectivity index (χ2n) is 6.44. The van der Waals surface area contributed by atoms with Crippen LogP contribution in [0.25, 0.3) is 0 Å². The maximum Gasteiger partial charge on any atom is 0.336 e. The van der Waals surface area contributed by atoms with Crippen molar-refractivity contribution in [3.63, 3.8) is 0 Å². The van der Waals surface area contributed by atoms with Gasteiger partial charge in [0, 0.05) is 23.2 Å². The normalized spacial score (nSPS) is 16.5. The smallest absolute Gasteiger partial charge is 0.336 e. The molecule has 0 saturated heterocycles. The van der Waals surface area contributed by atoms with Gasteiger partial charge in [-0.3, -0.25) is 4.79 Å². The Morgan fingerprint density at radius 3 is 2.62 bits per heavy atom. The van der Waals surface area contributed by atoms with E-state index >= 15 is 0 Å². The molecule has 0 radical (unpaired) electrons. The summed E-state index contributed by atoms with van der Waals surface area (Å²) in [5.74, 6) is -1.48. The number of carbonyl (C=O) groups excluding carboxylic acids is 2. The Morgan fingerprint density at radius 1 is 1.28 bits per heavy atom. The maximum absolute atomic E-state index is 13.0. The highest BCUT2D eigenvalue weighted by Gasteiger charge is 2.37. The molecule has 1 aliphatic heterocycles. The van der Waals surface area contributed by atoms with E-state index in [2.05, 4.69) is 5.32 Å². The molecule has 0 amide bonds. The fourth-order valence-electron chi connectivity index (χ4n) is 3.27. The highest BCUT2D eigenvalue weighted by Crippen LogP contribution is 2.42. The van der Waals surface area contributed by atoms with E-state index in [1.807, 2.05) is 25.1 Å².